The molecule has 0 spiro atoms. The smallest absolute Gasteiger partial charge is 0.0480 e. The fourth-order valence-corrected chi connectivity index (χ4v) is 1.63. The third-order valence-electron chi connectivity index (χ3n) is 2.58. The molecule has 0 heterocycles. The van der Waals surface area contributed by atoms with E-state index in [1.165, 1.54) is 19.3 Å². The lowest BCUT2D eigenvalue weighted by Gasteiger charge is -2.17. The molecule has 0 rings (SSSR count). The highest BCUT2D eigenvalue weighted by Crippen LogP contribution is 2.03. The van der Waals surface area contributed by atoms with Crippen molar-refractivity contribution in [3.05, 3.63) is 0 Å². The molecule has 0 radical (unpaired) electrons. The minimum atomic E-state index is 0.652. The van der Waals surface area contributed by atoms with Gasteiger partial charge >= 0.3 is 0 Å². The number of ether oxygens (including phenoxy) is 1. The van der Waals surface area contributed by atoms with Crippen LogP contribution < -0.4 is 5.32 Å². The second kappa shape index (κ2) is 10.4. The van der Waals surface area contributed by atoms with E-state index in [0.29, 0.717) is 6.04 Å². The highest BCUT2D eigenvalue weighted by atomic mass is 16.5. The Morgan fingerprint density at radius 2 is 1.67 bits per heavy atom. The molecule has 0 aromatic carbocycles. The normalized spacial score (nSPS) is 13.4. The van der Waals surface area contributed by atoms with Gasteiger partial charge in [-0.2, -0.15) is 0 Å². The molecule has 92 valence electrons. The molecule has 0 amide bonds. The van der Waals surface area contributed by atoms with Crippen LogP contribution in [0.2, 0.25) is 0 Å². The largest absolute Gasteiger partial charge is 0.381 e. The van der Waals surface area contributed by atoms with E-state index < -0.39 is 0 Å². The van der Waals surface area contributed by atoms with Crippen molar-refractivity contribution in [2.45, 2.75) is 59.4 Å². The van der Waals surface area contributed by atoms with Gasteiger partial charge in [-0.1, -0.05) is 34.1 Å². The molecule has 2 heteroatoms. The lowest BCUT2D eigenvalue weighted by atomic mass is 10.1. The first-order chi connectivity index (χ1) is 7.20. The van der Waals surface area contributed by atoms with Gasteiger partial charge in [0.25, 0.3) is 0 Å². The molecule has 2 nitrogen and oxygen atoms in total. The zero-order valence-electron chi connectivity index (χ0n) is 11.0. The van der Waals surface area contributed by atoms with Crippen LogP contribution >= 0.6 is 0 Å². The molecule has 1 atom stereocenters. The fourth-order valence-electron chi connectivity index (χ4n) is 1.63. The van der Waals surface area contributed by atoms with Gasteiger partial charge in [0.15, 0.2) is 0 Å². The van der Waals surface area contributed by atoms with Crippen LogP contribution in [0, 0.1) is 5.92 Å². The predicted octanol–water partition coefficient (Wildman–Crippen LogP) is 3.22. The average molecular weight is 215 g/mol. The van der Waals surface area contributed by atoms with E-state index in [1.54, 1.807) is 0 Å². The van der Waals surface area contributed by atoms with E-state index in [1.807, 2.05) is 0 Å². The SMILES string of the molecule is CCCC(CCOCCC(C)C)NCC. The van der Waals surface area contributed by atoms with E-state index >= 15 is 0 Å². The van der Waals surface area contributed by atoms with Crippen LogP contribution in [0.5, 0.6) is 0 Å². The summed E-state index contributed by atoms with van der Waals surface area (Å²) < 4.78 is 5.63. The summed E-state index contributed by atoms with van der Waals surface area (Å²) in [7, 11) is 0. The number of hydrogen-bond acceptors (Lipinski definition) is 2. The maximum atomic E-state index is 5.63. The molecule has 0 aliphatic rings. The second-order valence-electron chi connectivity index (χ2n) is 4.63. The molecule has 0 aromatic heterocycles. The summed E-state index contributed by atoms with van der Waals surface area (Å²) in [6.07, 6.45) is 4.85. The van der Waals surface area contributed by atoms with Gasteiger partial charge in [0.2, 0.25) is 0 Å². The van der Waals surface area contributed by atoms with Crippen LogP contribution in [0.1, 0.15) is 53.4 Å². The van der Waals surface area contributed by atoms with Crippen molar-refractivity contribution in [3.8, 4) is 0 Å². The molecule has 15 heavy (non-hydrogen) atoms. The van der Waals surface area contributed by atoms with Gasteiger partial charge in [-0.05, 0) is 31.7 Å². The van der Waals surface area contributed by atoms with Gasteiger partial charge in [-0.3, -0.25) is 0 Å². The van der Waals surface area contributed by atoms with Gasteiger partial charge in [0, 0.05) is 19.3 Å². The molecule has 1 N–H and O–H groups in total. The Hall–Kier alpha value is -0.0800. The minimum absolute atomic E-state index is 0.652. The van der Waals surface area contributed by atoms with Gasteiger partial charge in [0.05, 0.1) is 0 Å². The lowest BCUT2D eigenvalue weighted by Crippen LogP contribution is -2.30. The summed E-state index contributed by atoms with van der Waals surface area (Å²) in [5.74, 6) is 0.755. The summed E-state index contributed by atoms with van der Waals surface area (Å²) in [4.78, 5) is 0. The zero-order valence-corrected chi connectivity index (χ0v) is 11.0. The molecular formula is C13H29NO. The summed E-state index contributed by atoms with van der Waals surface area (Å²) >= 11 is 0. The van der Waals surface area contributed by atoms with Crippen molar-refractivity contribution in [3.63, 3.8) is 0 Å². The van der Waals surface area contributed by atoms with Gasteiger partial charge in [0.1, 0.15) is 0 Å². The minimum Gasteiger partial charge on any atom is -0.381 e. The Kier molecular flexibility index (Phi) is 10.4. The molecule has 0 aliphatic heterocycles. The standard InChI is InChI=1S/C13H29NO/c1-5-7-13(14-6-2)9-11-15-10-8-12(3)4/h12-14H,5-11H2,1-4H3. The lowest BCUT2D eigenvalue weighted by molar-refractivity contribution is 0.113. The van der Waals surface area contributed by atoms with Crippen LogP contribution in [0.25, 0.3) is 0 Å². The molecule has 1 unspecified atom stereocenters. The Bertz CT molecular complexity index is 120. The molecule has 0 saturated carbocycles. The molecule has 0 aromatic rings. The first-order valence-corrected chi connectivity index (χ1v) is 6.51. The second-order valence-corrected chi connectivity index (χ2v) is 4.63. The fraction of sp³-hybridized carbons (Fsp3) is 1.00. The highest BCUT2D eigenvalue weighted by Gasteiger charge is 2.05. The Morgan fingerprint density at radius 1 is 1.00 bits per heavy atom. The average Bonchev–Trinajstić information content (AvgIpc) is 2.17. The third kappa shape index (κ3) is 10.2. The molecule has 0 fully saturated rings. The van der Waals surface area contributed by atoms with E-state index in [4.69, 9.17) is 4.74 Å². The van der Waals surface area contributed by atoms with Crippen LogP contribution in [-0.2, 0) is 4.74 Å². The number of hydrogen-bond donors (Lipinski definition) is 1. The topological polar surface area (TPSA) is 21.3 Å². The van der Waals surface area contributed by atoms with Crippen molar-refractivity contribution in [2.75, 3.05) is 19.8 Å². The molecule has 0 saturated heterocycles. The highest BCUT2D eigenvalue weighted by molar-refractivity contribution is 4.64. The Balaban J connectivity index is 3.36. The number of nitrogens with one attached hydrogen (secondary N) is 1. The Morgan fingerprint density at radius 3 is 2.20 bits per heavy atom. The predicted molar refractivity (Wildman–Crippen MR) is 67.3 cm³/mol. The summed E-state index contributed by atoms with van der Waals surface area (Å²) in [6, 6.07) is 0.652. The molecule has 0 bridgehead atoms. The van der Waals surface area contributed by atoms with E-state index in [0.717, 1.165) is 32.1 Å². The Labute approximate surface area is 95.8 Å². The molecular weight excluding hydrogens is 186 g/mol. The summed E-state index contributed by atoms with van der Waals surface area (Å²) in [5.41, 5.74) is 0. The van der Waals surface area contributed by atoms with Gasteiger partial charge in [-0.15, -0.1) is 0 Å². The van der Waals surface area contributed by atoms with E-state index in [2.05, 4.69) is 33.0 Å². The van der Waals surface area contributed by atoms with Crippen molar-refractivity contribution in [2.24, 2.45) is 5.92 Å². The van der Waals surface area contributed by atoms with Crippen molar-refractivity contribution < 1.29 is 4.74 Å². The van der Waals surface area contributed by atoms with Gasteiger partial charge < -0.3 is 10.1 Å². The van der Waals surface area contributed by atoms with E-state index in [-0.39, 0.29) is 0 Å². The molecule has 0 aliphatic carbocycles. The maximum absolute atomic E-state index is 5.63. The zero-order chi connectivity index (χ0) is 11.5. The summed E-state index contributed by atoms with van der Waals surface area (Å²) in [6.45, 7) is 11.8. The van der Waals surface area contributed by atoms with Crippen LogP contribution in [0.15, 0.2) is 0 Å². The van der Waals surface area contributed by atoms with Crippen LogP contribution in [0.4, 0.5) is 0 Å². The van der Waals surface area contributed by atoms with Crippen molar-refractivity contribution in [1.82, 2.24) is 5.32 Å². The first-order valence-electron chi connectivity index (χ1n) is 6.51. The van der Waals surface area contributed by atoms with Crippen molar-refractivity contribution in [1.29, 1.82) is 0 Å². The maximum Gasteiger partial charge on any atom is 0.0480 e. The monoisotopic (exact) mass is 215 g/mol. The third-order valence-corrected chi connectivity index (χ3v) is 2.58. The van der Waals surface area contributed by atoms with Gasteiger partial charge in [-0.25, -0.2) is 0 Å². The quantitative estimate of drug-likeness (QED) is 0.565. The summed E-state index contributed by atoms with van der Waals surface area (Å²) in [5, 5.41) is 3.50. The van der Waals surface area contributed by atoms with Crippen molar-refractivity contribution >= 4 is 0 Å². The van der Waals surface area contributed by atoms with Crippen LogP contribution in [0.3, 0.4) is 0 Å². The van der Waals surface area contributed by atoms with E-state index in [9.17, 15) is 0 Å². The number of rotatable bonds is 10. The first kappa shape index (κ1) is 14.9. The van der Waals surface area contributed by atoms with Crippen LogP contribution in [-0.4, -0.2) is 25.8 Å².